The fourth-order valence-corrected chi connectivity index (χ4v) is 1.02. The molecule has 74 valence electrons. The first-order chi connectivity index (χ1) is 6.77. The summed E-state index contributed by atoms with van der Waals surface area (Å²) in [5.74, 6) is 0. The largest absolute Gasteiger partial charge is 0.396 e. The van der Waals surface area contributed by atoms with Crippen molar-refractivity contribution >= 4 is 12.0 Å². The summed E-state index contributed by atoms with van der Waals surface area (Å²) in [6.45, 7) is 4.31. The van der Waals surface area contributed by atoms with Gasteiger partial charge in [0.2, 0.25) is 0 Å². The Morgan fingerprint density at radius 3 is 2.57 bits per heavy atom. The maximum Gasteiger partial charge on any atom is 0.150 e. The van der Waals surface area contributed by atoms with Gasteiger partial charge in [-0.25, -0.2) is 0 Å². The zero-order valence-electron chi connectivity index (χ0n) is 8.36. The van der Waals surface area contributed by atoms with Crippen LogP contribution in [-0.2, 0) is 4.84 Å². The van der Waals surface area contributed by atoms with Gasteiger partial charge in [0.1, 0.15) is 12.9 Å². The molecule has 0 aliphatic rings. The summed E-state index contributed by atoms with van der Waals surface area (Å²) in [6.07, 6.45) is 0.818. The fourth-order valence-electron chi connectivity index (χ4n) is 1.02. The lowest BCUT2D eigenvalue weighted by atomic mass is 10.1. The first-order valence-electron chi connectivity index (χ1n) is 4.50. The molecular weight excluding hydrogens is 178 g/mol. The molecule has 0 bridgehead atoms. The minimum atomic E-state index is 0.559. The lowest BCUT2D eigenvalue weighted by Gasteiger charge is -2.00. The number of oxime groups is 1. The minimum Gasteiger partial charge on any atom is -0.396 e. The smallest absolute Gasteiger partial charge is 0.150 e. The maximum absolute atomic E-state index is 10.4. The molecule has 0 fully saturated rings. The van der Waals surface area contributed by atoms with Crippen LogP contribution < -0.4 is 0 Å². The van der Waals surface area contributed by atoms with Gasteiger partial charge in [-0.1, -0.05) is 29.4 Å². The molecule has 0 aliphatic carbocycles. The number of carbonyl (C=O) groups excluding carboxylic acids is 1. The van der Waals surface area contributed by atoms with E-state index in [1.807, 2.05) is 26.0 Å². The summed E-state index contributed by atoms with van der Waals surface area (Å²) >= 11 is 0. The highest BCUT2D eigenvalue weighted by molar-refractivity contribution is 5.98. The van der Waals surface area contributed by atoms with Gasteiger partial charge in [-0.05, 0) is 19.4 Å². The van der Waals surface area contributed by atoms with E-state index in [4.69, 9.17) is 4.84 Å². The molecule has 14 heavy (non-hydrogen) atoms. The zero-order chi connectivity index (χ0) is 10.4. The number of benzene rings is 1. The Kier molecular flexibility index (Phi) is 3.85. The SMILES string of the molecule is CCO/N=C(/C)c1ccc(C=O)cc1. The van der Waals surface area contributed by atoms with Gasteiger partial charge >= 0.3 is 0 Å². The van der Waals surface area contributed by atoms with Crippen molar-refractivity contribution in [3.05, 3.63) is 35.4 Å². The van der Waals surface area contributed by atoms with E-state index in [0.29, 0.717) is 12.2 Å². The van der Waals surface area contributed by atoms with Crippen LogP contribution in [0, 0.1) is 0 Å². The van der Waals surface area contributed by atoms with Crippen molar-refractivity contribution in [1.29, 1.82) is 0 Å². The molecule has 0 amide bonds. The topological polar surface area (TPSA) is 38.7 Å². The van der Waals surface area contributed by atoms with Gasteiger partial charge in [-0.2, -0.15) is 0 Å². The summed E-state index contributed by atoms with van der Waals surface area (Å²) in [6, 6.07) is 7.21. The van der Waals surface area contributed by atoms with Crippen LogP contribution in [0.25, 0.3) is 0 Å². The Hall–Kier alpha value is -1.64. The van der Waals surface area contributed by atoms with E-state index in [1.165, 1.54) is 0 Å². The van der Waals surface area contributed by atoms with E-state index in [2.05, 4.69) is 5.16 Å². The molecule has 0 heterocycles. The summed E-state index contributed by atoms with van der Waals surface area (Å²) in [7, 11) is 0. The molecule has 0 unspecified atom stereocenters. The van der Waals surface area contributed by atoms with Gasteiger partial charge in [0.25, 0.3) is 0 Å². The van der Waals surface area contributed by atoms with E-state index in [0.717, 1.165) is 17.6 Å². The molecule has 1 aromatic rings. The number of nitrogens with zero attached hydrogens (tertiary/aromatic N) is 1. The van der Waals surface area contributed by atoms with Crippen molar-refractivity contribution in [2.24, 2.45) is 5.16 Å². The van der Waals surface area contributed by atoms with Gasteiger partial charge in [-0.15, -0.1) is 0 Å². The monoisotopic (exact) mass is 191 g/mol. The zero-order valence-corrected chi connectivity index (χ0v) is 8.36. The standard InChI is InChI=1S/C11H13NO2/c1-3-14-12-9(2)11-6-4-10(8-13)5-7-11/h4-8H,3H2,1-2H3/b12-9-. The molecule has 3 nitrogen and oxygen atoms in total. The van der Waals surface area contributed by atoms with Crippen LogP contribution in [0.5, 0.6) is 0 Å². The van der Waals surface area contributed by atoms with Crippen molar-refractivity contribution in [3.8, 4) is 0 Å². The van der Waals surface area contributed by atoms with Crippen LogP contribution in [0.1, 0.15) is 29.8 Å². The third-order valence-electron chi connectivity index (χ3n) is 1.80. The van der Waals surface area contributed by atoms with Crippen molar-refractivity contribution in [3.63, 3.8) is 0 Å². The first kappa shape index (κ1) is 10.4. The highest BCUT2D eigenvalue weighted by atomic mass is 16.6. The molecule has 0 aromatic heterocycles. The van der Waals surface area contributed by atoms with Crippen LogP contribution in [0.2, 0.25) is 0 Å². The Labute approximate surface area is 83.4 Å². The second-order valence-electron chi connectivity index (χ2n) is 2.83. The number of carbonyl (C=O) groups is 1. The maximum atomic E-state index is 10.4. The molecule has 0 N–H and O–H groups in total. The number of aldehydes is 1. The van der Waals surface area contributed by atoms with Crippen LogP contribution in [-0.4, -0.2) is 18.6 Å². The fraction of sp³-hybridized carbons (Fsp3) is 0.273. The van der Waals surface area contributed by atoms with Crippen LogP contribution in [0.4, 0.5) is 0 Å². The van der Waals surface area contributed by atoms with Crippen LogP contribution >= 0.6 is 0 Å². The Morgan fingerprint density at radius 2 is 2.07 bits per heavy atom. The lowest BCUT2D eigenvalue weighted by molar-refractivity contribution is 0.112. The molecular formula is C11H13NO2. The second-order valence-corrected chi connectivity index (χ2v) is 2.83. The first-order valence-corrected chi connectivity index (χ1v) is 4.50. The molecule has 0 spiro atoms. The molecule has 0 aliphatic heterocycles. The number of hydrogen-bond donors (Lipinski definition) is 0. The Balaban J connectivity index is 2.80. The van der Waals surface area contributed by atoms with Gasteiger partial charge in [0.15, 0.2) is 0 Å². The van der Waals surface area contributed by atoms with Crippen LogP contribution in [0.3, 0.4) is 0 Å². The van der Waals surface area contributed by atoms with Crippen molar-refractivity contribution in [2.45, 2.75) is 13.8 Å². The van der Waals surface area contributed by atoms with E-state index in [9.17, 15) is 4.79 Å². The molecule has 0 atom stereocenters. The predicted molar refractivity (Wildman–Crippen MR) is 55.7 cm³/mol. The number of rotatable bonds is 4. The average Bonchev–Trinajstić information content (AvgIpc) is 2.26. The third-order valence-corrected chi connectivity index (χ3v) is 1.80. The highest BCUT2D eigenvalue weighted by Crippen LogP contribution is 2.04. The predicted octanol–water partition coefficient (Wildman–Crippen LogP) is 2.26. The molecule has 1 aromatic carbocycles. The normalized spacial score (nSPS) is 11.1. The highest BCUT2D eigenvalue weighted by Gasteiger charge is 1.97. The summed E-state index contributed by atoms with van der Waals surface area (Å²) in [5.41, 5.74) is 2.44. The number of hydrogen-bond acceptors (Lipinski definition) is 3. The third kappa shape index (κ3) is 2.69. The average molecular weight is 191 g/mol. The van der Waals surface area contributed by atoms with Crippen LogP contribution in [0.15, 0.2) is 29.4 Å². The molecule has 0 radical (unpaired) electrons. The van der Waals surface area contributed by atoms with Gasteiger partial charge in [-0.3, -0.25) is 4.79 Å². The van der Waals surface area contributed by atoms with Crippen molar-refractivity contribution < 1.29 is 9.63 Å². The van der Waals surface area contributed by atoms with Gasteiger partial charge in [0, 0.05) is 5.56 Å². The van der Waals surface area contributed by atoms with Gasteiger partial charge < -0.3 is 4.84 Å². The van der Waals surface area contributed by atoms with Gasteiger partial charge in [0.05, 0.1) is 5.71 Å². The summed E-state index contributed by atoms with van der Waals surface area (Å²) < 4.78 is 0. The molecule has 3 heteroatoms. The Morgan fingerprint density at radius 1 is 1.43 bits per heavy atom. The van der Waals surface area contributed by atoms with Crippen molar-refractivity contribution in [2.75, 3.05) is 6.61 Å². The summed E-state index contributed by atoms with van der Waals surface area (Å²) in [4.78, 5) is 15.3. The molecule has 1 rings (SSSR count). The van der Waals surface area contributed by atoms with E-state index in [1.54, 1.807) is 12.1 Å². The summed E-state index contributed by atoms with van der Waals surface area (Å²) in [5, 5.41) is 3.90. The molecule has 0 saturated heterocycles. The second kappa shape index (κ2) is 5.17. The van der Waals surface area contributed by atoms with E-state index in [-0.39, 0.29) is 0 Å². The lowest BCUT2D eigenvalue weighted by Crippen LogP contribution is -1.96. The van der Waals surface area contributed by atoms with E-state index >= 15 is 0 Å². The van der Waals surface area contributed by atoms with E-state index < -0.39 is 0 Å². The minimum absolute atomic E-state index is 0.559. The molecule has 0 saturated carbocycles. The van der Waals surface area contributed by atoms with Crippen molar-refractivity contribution in [1.82, 2.24) is 0 Å². The Bertz CT molecular complexity index is 328. The quantitative estimate of drug-likeness (QED) is 0.416.